The molecule has 0 unspecified atom stereocenters. The number of hydrogen-bond acceptors (Lipinski definition) is 12. The molecule has 1 aromatic carbocycles. The second-order valence-corrected chi connectivity index (χ2v) is 15.6. The van der Waals surface area contributed by atoms with Crippen LogP contribution < -0.4 is 26.2 Å². The molecule has 0 atom stereocenters. The van der Waals surface area contributed by atoms with Gasteiger partial charge in [-0.2, -0.15) is 19.2 Å². The summed E-state index contributed by atoms with van der Waals surface area (Å²) in [6.07, 6.45) is 9.75. The fourth-order valence-corrected chi connectivity index (χ4v) is 6.44. The molecule has 0 radical (unpaired) electrons. The van der Waals surface area contributed by atoms with Crippen LogP contribution in [0.25, 0.3) is 23.4 Å². The Morgan fingerprint density at radius 3 is 2.00 bits per heavy atom. The highest BCUT2D eigenvalue weighted by atomic mass is 35.5. The molecular formula is C39H37ClFN11O6. The van der Waals surface area contributed by atoms with Crippen molar-refractivity contribution in [2.75, 3.05) is 15.5 Å². The molecule has 58 heavy (non-hydrogen) atoms. The van der Waals surface area contributed by atoms with Gasteiger partial charge in [0.1, 0.15) is 34.0 Å². The molecule has 0 spiro atoms. The van der Waals surface area contributed by atoms with Gasteiger partial charge in [-0.3, -0.25) is 34.7 Å². The average Bonchev–Trinajstić information content (AvgIpc) is 4.02. The molecule has 2 saturated heterocycles. The maximum Gasteiger partial charge on any atom is 0.416 e. The summed E-state index contributed by atoms with van der Waals surface area (Å²) in [6.45, 7) is 5.41. The molecule has 2 saturated carbocycles. The monoisotopic (exact) mass is 809 g/mol. The van der Waals surface area contributed by atoms with E-state index in [1.54, 1.807) is 66.7 Å². The number of halogens is 2. The highest BCUT2D eigenvalue weighted by Crippen LogP contribution is 2.35. The lowest BCUT2D eigenvalue weighted by atomic mass is 10.1. The van der Waals surface area contributed by atoms with E-state index in [0.717, 1.165) is 31.5 Å². The summed E-state index contributed by atoms with van der Waals surface area (Å²) < 4.78 is 21.9. The first-order valence-corrected chi connectivity index (χ1v) is 18.9. The van der Waals surface area contributed by atoms with Gasteiger partial charge in [-0.1, -0.05) is 11.6 Å². The van der Waals surface area contributed by atoms with Crippen LogP contribution in [0.2, 0.25) is 5.15 Å². The highest BCUT2D eigenvalue weighted by molar-refractivity contribution is 6.30. The molecule has 2 aliphatic carbocycles. The lowest BCUT2D eigenvalue weighted by molar-refractivity contribution is -0.125. The van der Waals surface area contributed by atoms with Crippen molar-refractivity contribution in [2.45, 2.75) is 77.0 Å². The number of carbonyl (C=O) groups is 5. The summed E-state index contributed by atoms with van der Waals surface area (Å²) in [4.78, 5) is 70.0. The molecule has 5 aromatic rings. The number of amides is 5. The topological polar surface area (TPSA) is 206 Å². The molecule has 5 amide bonds. The van der Waals surface area contributed by atoms with E-state index in [-0.39, 0.29) is 41.7 Å². The SMILES string of the molecule is CC(C)(C)OC(=O)N(c1cc(Cl)nc2c(/C=C3\CC(=O)NC3=O)cnn12)C1CC1.O=C1C/C(=C\c2cnn3c(NC4CC4)cc(Nc4ccc(F)cc4)nc23)C(=O)N1. The van der Waals surface area contributed by atoms with Gasteiger partial charge in [-0.25, -0.2) is 19.2 Å². The minimum absolute atomic E-state index is 0.00393. The van der Waals surface area contributed by atoms with Crippen LogP contribution in [0.3, 0.4) is 0 Å². The molecule has 298 valence electrons. The number of nitrogens with zero attached hydrogens (tertiary/aromatic N) is 7. The Morgan fingerprint density at radius 2 is 1.47 bits per heavy atom. The molecule has 2 aliphatic heterocycles. The van der Waals surface area contributed by atoms with Gasteiger partial charge < -0.3 is 15.4 Å². The Labute approximate surface area is 334 Å². The zero-order valence-corrected chi connectivity index (χ0v) is 32.3. The van der Waals surface area contributed by atoms with Gasteiger partial charge >= 0.3 is 6.09 Å². The molecule has 6 heterocycles. The van der Waals surface area contributed by atoms with E-state index in [0.29, 0.717) is 56.9 Å². The minimum Gasteiger partial charge on any atom is -0.443 e. The van der Waals surface area contributed by atoms with Crippen LogP contribution in [0.1, 0.15) is 70.4 Å². The Balaban J connectivity index is 0.000000162. The summed E-state index contributed by atoms with van der Waals surface area (Å²) >= 11 is 6.24. The molecule has 4 aliphatic rings. The van der Waals surface area contributed by atoms with Crippen molar-refractivity contribution in [1.29, 1.82) is 0 Å². The van der Waals surface area contributed by atoms with Gasteiger partial charge in [0, 0.05) is 52.2 Å². The number of anilines is 4. The Bertz CT molecular complexity index is 2590. The van der Waals surface area contributed by atoms with E-state index in [1.165, 1.54) is 22.8 Å². The summed E-state index contributed by atoms with van der Waals surface area (Å²) in [6, 6.07) is 9.78. The third kappa shape index (κ3) is 8.51. The quantitative estimate of drug-likeness (QED) is 0.0892. The van der Waals surface area contributed by atoms with E-state index in [4.69, 9.17) is 16.3 Å². The van der Waals surface area contributed by atoms with Crippen LogP contribution >= 0.6 is 11.6 Å². The van der Waals surface area contributed by atoms with Gasteiger partial charge in [0.15, 0.2) is 11.3 Å². The lowest BCUT2D eigenvalue weighted by Gasteiger charge is -2.27. The first kappa shape index (κ1) is 38.2. The third-order valence-electron chi connectivity index (χ3n) is 9.19. The van der Waals surface area contributed by atoms with Crippen LogP contribution in [0, 0.1) is 5.82 Å². The number of aromatic nitrogens is 6. The molecule has 0 bridgehead atoms. The zero-order chi connectivity index (χ0) is 40.9. The number of carbonyl (C=O) groups excluding carboxylic acids is 5. The van der Waals surface area contributed by atoms with E-state index in [1.807, 2.05) is 6.07 Å². The van der Waals surface area contributed by atoms with Crippen LogP contribution in [0.5, 0.6) is 0 Å². The molecule has 9 rings (SSSR count). The molecule has 4 fully saturated rings. The van der Waals surface area contributed by atoms with Crippen molar-refractivity contribution in [1.82, 2.24) is 39.8 Å². The maximum absolute atomic E-state index is 13.2. The van der Waals surface area contributed by atoms with Crippen LogP contribution in [0.15, 0.2) is 59.9 Å². The van der Waals surface area contributed by atoms with Crippen molar-refractivity contribution >= 4 is 87.9 Å². The van der Waals surface area contributed by atoms with Crippen LogP contribution in [-0.4, -0.2) is 76.6 Å². The molecule has 19 heteroatoms. The predicted molar refractivity (Wildman–Crippen MR) is 211 cm³/mol. The summed E-state index contributed by atoms with van der Waals surface area (Å²) in [5, 5.41) is 20.0. The fraction of sp³-hybridized carbons (Fsp3) is 0.308. The smallest absolute Gasteiger partial charge is 0.416 e. The zero-order valence-electron chi connectivity index (χ0n) is 31.5. The number of hydrogen-bond donors (Lipinski definition) is 4. The largest absolute Gasteiger partial charge is 0.443 e. The third-order valence-corrected chi connectivity index (χ3v) is 9.39. The lowest BCUT2D eigenvalue weighted by Crippen LogP contribution is -2.39. The van der Waals surface area contributed by atoms with Crippen LogP contribution in [-0.2, 0) is 23.9 Å². The van der Waals surface area contributed by atoms with E-state index >= 15 is 0 Å². The highest BCUT2D eigenvalue weighted by Gasteiger charge is 2.38. The molecule has 4 aromatic heterocycles. The van der Waals surface area contributed by atoms with E-state index < -0.39 is 23.5 Å². The van der Waals surface area contributed by atoms with Gasteiger partial charge in [0.05, 0.1) is 25.2 Å². The second kappa shape index (κ2) is 15.0. The van der Waals surface area contributed by atoms with E-state index in [9.17, 15) is 28.4 Å². The summed E-state index contributed by atoms with van der Waals surface area (Å²) in [5.74, 6) is -0.0681. The average molecular weight is 810 g/mol. The van der Waals surface area contributed by atoms with Gasteiger partial charge in [-0.15, -0.1) is 0 Å². The Kier molecular flexibility index (Phi) is 9.88. The standard InChI is InChI=1S/C20H17FN6O2.C19H20ClN5O4/c21-13-1-3-14(4-2-13)23-16-9-17(24-15-5-6-15)27-19(25-16)12(10-22-27)7-11-8-18(28)26-20(11)29;1-19(2,3)29-18(28)24(12-4-5-12)15-8-13(20)22-16-11(9-21-25(15)16)6-10-7-14(26)23-17(10)27/h1-4,7,9-10,15,24H,5-6,8H2,(H,23,25)(H,26,28,29);6,8-9,12H,4-5,7H2,1-3H3,(H,23,26,27)/b11-7+;10-6+. The minimum atomic E-state index is -0.651. The van der Waals surface area contributed by atoms with Crippen molar-refractivity contribution < 1.29 is 33.1 Å². The van der Waals surface area contributed by atoms with Gasteiger partial charge in [0.2, 0.25) is 11.8 Å². The van der Waals surface area contributed by atoms with Crippen molar-refractivity contribution in [3.8, 4) is 0 Å². The van der Waals surface area contributed by atoms with Gasteiger partial charge in [-0.05, 0) is 82.9 Å². The number of nitrogens with one attached hydrogen (secondary N) is 4. The first-order chi connectivity index (χ1) is 27.7. The summed E-state index contributed by atoms with van der Waals surface area (Å²) in [7, 11) is 0. The first-order valence-electron chi connectivity index (χ1n) is 18.5. The van der Waals surface area contributed by atoms with Gasteiger partial charge in [0.25, 0.3) is 11.8 Å². The second-order valence-electron chi connectivity index (χ2n) is 15.2. The Morgan fingerprint density at radius 1 is 0.879 bits per heavy atom. The number of benzene rings is 1. The number of rotatable bonds is 8. The van der Waals surface area contributed by atoms with Crippen molar-refractivity contribution in [2.24, 2.45) is 0 Å². The maximum atomic E-state index is 13.2. The van der Waals surface area contributed by atoms with Crippen LogP contribution in [0.4, 0.5) is 32.3 Å². The molecular weight excluding hydrogens is 773 g/mol. The molecule has 4 N–H and O–H groups in total. The Hall–Kier alpha value is -6.69. The van der Waals surface area contributed by atoms with E-state index in [2.05, 4.69) is 41.4 Å². The van der Waals surface area contributed by atoms with Crippen molar-refractivity contribution in [3.05, 3.63) is 82.0 Å². The number of ether oxygens (including phenoxy) is 1. The predicted octanol–water partition coefficient (Wildman–Crippen LogP) is 5.33. The normalized spacial score (nSPS) is 18.1. The fourth-order valence-electron chi connectivity index (χ4n) is 6.27. The number of imide groups is 2. The van der Waals surface area contributed by atoms with Crippen molar-refractivity contribution in [3.63, 3.8) is 0 Å². The molecule has 17 nitrogen and oxygen atoms in total. The number of fused-ring (bicyclic) bond motifs is 2. The summed E-state index contributed by atoms with van der Waals surface area (Å²) in [5.41, 5.74) is 2.81.